The van der Waals surface area contributed by atoms with Crippen LogP contribution in [0.1, 0.15) is 22.7 Å². The summed E-state index contributed by atoms with van der Waals surface area (Å²) in [4.78, 5) is 0. The van der Waals surface area contributed by atoms with Gasteiger partial charge in [0.15, 0.2) is 0 Å². The van der Waals surface area contributed by atoms with Crippen molar-refractivity contribution in [2.45, 2.75) is 19.4 Å². The Hall–Kier alpha value is -1.30. The first-order valence-corrected chi connectivity index (χ1v) is 6.96. The van der Waals surface area contributed by atoms with Crippen LogP contribution in [0.5, 0.6) is 0 Å². The van der Waals surface area contributed by atoms with E-state index in [0.29, 0.717) is 12.0 Å². The lowest BCUT2D eigenvalue weighted by Gasteiger charge is -2.19. The highest BCUT2D eigenvalue weighted by molar-refractivity contribution is 9.10. The van der Waals surface area contributed by atoms with Gasteiger partial charge in [-0.3, -0.25) is 11.3 Å². The lowest BCUT2D eigenvalue weighted by atomic mass is 9.98. The number of rotatable bonds is 4. The fourth-order valence-electron chi connectivity index (χ4n) is 2.10. The second-order valence-electron chi connectivity index (χ2n) is 4.68. The van der Waals surface area contributed by atoms with Crippen molar-refractivity contribution < 1.29 is 8.78 Å². The number of aryl methyl sites for hydroxylation is 1. The van der Waals surface area contributed by atoms with Crippen LogP contribution in [-0.2, 0) is 6.42 Å². The van der Waals surface area contributed by atoms with E-state index in [1.165, 1.54) is 12.1 Å². The molecule has 0 heterocycles. The van der Waals surface area contributed by atoms with Crippen molar-refractivity contribution in [2.24, 2.45) is 5.84 Å². The molecule has 0 amide bonds. The third-order valence-electron chi connectivity index (χ3n) is 3.17. The summed E-state index contributed by atoms with van der Waals surface area (Å²) in [5.41, 5.74) is 5.13. The van der Waals surface area contributed by atoms with Crippen LogP contribution in [0.3, 0.4) is 0 Å². The molecule has 0 aliphatic rings. The number of hydrogen-bond donors (Lipinski definition) is 2. The minimum absolute atomic E-state index is 0.260. The summed E-state index contributed by atoms with van der Waals surface area (Å²) in [5, 5.41) is 0. The van der Waals surface area contributed by atoms with Crippen LogP contribution in [0.2, 0.25) is 0 Å². The van der Waals surface area contributed by atoms with Crippen LogP contribution in [0.25, 0.3) is 0 Å². The van der Waals surface area contributed by atoms with E-state index in [4.69, 9.17) is 5.84 Å². The van der Waals surface area contributed by atoms with Gasteiger partial charge in [-0.1, -0.05) is 39.7 Å². The number of benzene rings is 2. The first-order chi connectivity index (χ1) is 9.51. The van der Waals surface area contributed by atoms with Crippen molar-refractivity contribution >= 4 is 15.9 Å². The van der Waals surface area contributed by atoms with Gasteiger partial charge in [-0.25, -0.2) is 8.78 Å². The molecule has 0 radical (unpaired) electrons. The lowest BCUT2D eigenvalue weighted by molar-refractivity contribution is 0.520. The van der Waals surface area contributed by atoms with E-state index in [1.807, 2.05) is 25.1 Å². The summed E-state index contributed by atoms with van der Waals surface area (Å²) in [5.74, 6) is 4.44. The van der Waals surface area contributed by atoms with Crippen LogP contribution >= 0.6 is 15.9 Å². The second-order valence-corrected chi connectivity index (χ2v) is 5.54. The number of nitrogens with one attached hydrogen (secondary N) is 1. The molecule has 0 aliphatic carbocycles. The summed E-state index contributed by atoms with van der Waals surface area (Å²) in [7, 11) is 0. The largest absolute Gasteiger partial charge is 0.271 e. The van der Waals surface area contributed by atoms with Crippen LogP contribution in [0.15, 0.2) is 40.9 Å². The summed E-state index contributed by atoms with van der Waals surface area (Å²) in [6.45, 7) is 1.97. The van der Waals surface area contributed by atoms with E-state index in [9.17, 15) is 8.78 Å². The quantitative estimate of drug-likeness (QED) is 0.656. The first-order valence-electron chi connectivity index (χ1n) is 6.17. The minimum Gasteiger partial charge on any atom is -0.271 e. The molecule has 0 bridgehead atoms. The smallest absolute Gasteiger partial charge is 0.129 e. The van der Waals surface area contributed by atoms with Gasteiger partial charge >= 0.3 is 0 Å². The number of hydrazine groups is 1. The average molecular weight is 341 g/mol. The Labute approximate surface area is 125 Å². The van der Waals surface area contributed by atoms with Gasteiger partial charge in [-0.2, -0.15) is 0 Å². The second kappa shape index (κ2) is 6.43. The molecule has 0 saturated carbocycles. The van der Waals surface area contributed by atoms with Crippen molar-refractivity contribution in [1.29, 1.82) is 0 Å². The fourth-order valence-corrected chi connectivity index (χ4v) is 2.62. The first kappa shape index (κ1) is 15.1. The Bertz CT molecular complexity index is 617. The number of halogens is 3. The van der Waals surface area contributed by atoms with E-state index in [-0.39, 0.29) is 6.04 Å². The molecule has 2 rings (SSSR count). The van der Waals surface area contributed by atoms with Gasteiger partial charge in [0, 0.05) is 10.5 Å². The Morgan fingerprint density at radius 3 is 2.60 bits per heavy atom. The average Bonchev–Trinajstić information content (AvgIpc) is 2.41. The standard InChI is InChI=1S/C15H15BrF2N2/c1-9-2-5-13(16)12(6-9)15(20-19)7-10-3-4-11(17)8-14(10)18/h2-6,8,15,20H,7,19H2,1H3. The predicted octanol–water partition coefficient (Wildman–Crippen LogP) is 3.78. The SMILES string of the molecule is Cc1ccc(Br)c(C(Cc2ccc(F)cc2F)NN)c1. The van der Waals surface area contributed by atoms with Crippen molar-refractivity contribution in [3.05, 3.63) is 69.2 Å². The normalized spacial score (nSPS) is 12.4. The van der Waals surface area contributed by atoms with Crippen molar-refractivity contribution in [3.8, 4) is 0 Å². The molecule has 0 fully saturated rings. The van der Waals surface area contributed by atoms with Gasteiger partial charge < -0.3 is 0 Å². The summed E-state index contributed by atoms with van der Waals surface area (Å²) >= 11 is 3.47. The van der Waals surface area contributed by atoms with E-state index < -0.39 is 11.6 Å². The van der Waals surface area contributed by atoms with Crippen LogP contribution in [0, 0.1) is 18.6 Å². The van der Waals surface area contributed by atoms with Crippen LogP contribution < -0.4 is 11.3 Å². The fraction of sp³-hybridized carbons (Fsp3) is 0.200. The minimum atomic E-state index is -0.583. The third kappa shape index (κ3) is 3.42. The predicted molar refractivity (Wildman–Crippen MR) is 79.0 cm³/mol. The maximum Gasteiger partial charge on any atom is 0.129 e. The Kier molecular flexibility index (Phi) is 4.86. The summed E-state index contributed by atoms with van der Waals surface area (Å²) in [6, 6.07) is 9.19. The molecule has 0 aromatic heterocycles. The Balaban J connectivity index is 2.31. The summed E-state index contributed by atoms with van der Waals surface area (Å²) < 4.78 is 27.5. The van der Waals surface area contributed by atoms with E-state index in [1.54, 1.807) is 0 Å². The molecule has 2 nitrogen and oxygen atoms in total. The molecule has 2 aromatic rings. The molecule has 2 aromatic carbocycles. The molecule has 106 valence electrons. The Morgan fingerprint density at radius 2 is 1.95 bits per heavy atom. The van der Waals surface area contributed by atoms with E-state index in [0.717, 1.165) is 21.7 Å². The Morgan fingerprint density at radius 1 is 1.20 bits per heavy atom. The van der Waals surface area contributed by atoms with Crippen molar-refractivity contribution in [3.63, 3.8) is 0 Å². The molecule has 5 heteroatoms. The molecule has 0 saturated heterocycles. The number of hydrogen-bond acceptors (Lipinski definition) is 2. The molecule has 3 N–H and O–H groups in total. The van der Waals surface area contributed by atoms with Crippen molar-refractivity contribution in [2.75, 3.05) is 0 Å². The molecule has 20 heavy (non-hydrogen) atoms. The number of nitrogens with two attached hydrogens (primary N) is 1. The maximum atomic E-state index is 13.7. The molecular weight excluding hydrogens is 326 g/mol. The zero-order valence-electron chi connectivity index (χ0n) is 11.0. The molecule has 1 unspecified atom stereocenters. The zero-order chi connectivity index (χ0) is 14.7. The van der Waals surface area contributed by atoms with Gasteiger partial charge in [0.1, 0.15) is 11.6 Å². The van der Waals surface area contributed by atoms with E-state index in [2.05, 4.69) is 21.4 Å². The highest BCUT2D eigenvalue weighted by Crippen LogP contribution is 2.27. The van der Waals surface area contributed by atoms with E-state index >= 15 is 0 Å². The van der Waals surface area contributed by atoms with Gasteiger partial charge in [0.25, 0.3) is 0 Å². The van der Waals surface area contributed by atoms with Crippen LogP contribution in [-0.4, -0.2) is 0 Å². The zero-order valence-corrected chi connectivity index (χ0v) is 12.5. The lowest BCUT2D eigenvalue weighted by Crippen LogP contribution is -2.30. The topological polar surface area (TPSA) is 38.0 Å². The monoisotopic (exact) mass is 340 g/mol. The van der Waals surface area contributed by atoms with Gasteiger partial charge in [-0.15, -0.1) is 0 Å². The van der Waals surface area contributed by atoms with Gasteiger partial charge in [0.2, 0.25) is 0 Å². The molecule has 1 atom stereocenters. The highest BCUT2D eigenvalue weighted by Gasteiger charge is 2.16. The third-order valence-corrected chi connectivity index (χ3v) is 3.89. The molecular formula is C15H15BrF2N2. The van der Waals surface area contributed by atoms with Gasteiger partial charge in [0.05, 0.1) is 6.04 Å². The van der Waals surface area contributed by atoms with Crippen LogP contribution in [0.4, 0.5) is 8.78 Å². The van der Waals surface area contributed by atoms with Crippen molar-refractivity contribution in [1.82, 2.24) is 5.43 Å². The highest BCUT2D eigenvalue weighted by atomic mass is 79.9. The van der Waals surface area contributed by atoms with Gasteiger partial charge in [-0.05, 0) is 36.6 Å². The maximum absolute atomic E-state index is 13.7. The molecule has 0 spiro atoms. The molecule has 0 aliphatic heterocycles. The summed E-state index contributed by atoms with van der Waals surface area (Å²) in [6.07, 6.45) is 0.338.